The van der Waals surface area contributed by atoms with Crippen LogP contribution in [0.15, 0.2) is 24.4 Å². The smallest absolute Gasteiger partial charge is 0.416 e. The van der Waals surface area contributed by atoms with Gasteiger partial charge in [0.2, 0.25) is 5.95 Å². The molecule has 13 heteroatoms. The van der Waals surface area contributed by atoms with E-state index in [9.17, 15) is 34.8 Å². The zero-order valence-electron chi connectivity index (χ0n) is 15.7. The first kappa shape index (κ1) is 23.7. The normalized spacial score (nSPS) is 13.9. The second kappa shape index (κ2) is 8.28. The highest BCUT2D eigenvalue weighted by atomic mass is 32.2. The van der Waals surface area contributed by atoms with Crippen molar-refractivity contribution in [3.63, 3.8) is 0 Å². The van der Waals surface area contributed by atoms with Gasteiger partial charge in [0.1, 0.15) is 6.61 Å². The fourth-order valence-electron chi connectivity index (χ4n) is 2.51. The summed E-state index contributed by atoms with van der Waals surface area (Å²) >= 11 is 0. The summed E-state index contributed by atoms with van der Waals surface area (Å²) in [7, 11) is -3.37. The molecule has 166 valence electrons. The molecule has 0 saturated heterocycles. The van der Waals surface area contributed by atoms with Crippen molar-refractivity contribution < 1.29 is 39.5 Å². The van der Waals surface area contributed by atoms with Gasteiger partial charge in [0.05, 0.1) is 28.8 Å². The Morgan fingerprint density at radius 3 is 2.07 bits per heavy atom. The maximum atomic E-state index is 13.1. The number of hydrogen-bond donors (Lipinski definition) is 1. The lowest BCUT2D eigenvalue weighted by Crippen LogP contribution is -2.16. The number of benzene rings is 1. The number of sulfone groups is 1. The Hall–Kier alpha value is -2.57. The van der Waals surface area contributed by atoms with Gasteiger partial charge in [0.15, 0.2) is 15.6 Å². The predicted molar refractivity (Wildman–Crippen MR) is 95.6 cm³/mol. The largest absolute Gasteiger partial charge is 0.489 e. The molecule has 1 heterocycles. The molecule has 0 bridgehead atoms. The SMILES string of the molecule is CC(c1cc(C(F)(F)F)cc(C(F)(F)F)c1)c1nc(N)ncc1OCCS(C)(=O)=O. The van der Waals surface area contributed by atoms with Crippen LogP contribution in [0.5, 0.6) is 5.75 Å². The summed E-state index contributed by atoms with van der Waals surface area (Å²) in [5.74, 6) is -1.86. The number of aromatic nitrogens is 2. The van der Waals surface area contributed by atoms with Crippen LogP contribution in [0.4, 0.5) is 32.3 Å². The van der Waals surface area contributed by atoms with Crippen molar-refractivity contribution in [3.8, 4) is 5.75 Å². The van der Waals surface area contributed by atoms with Gasteiger partial charge in [0.25, 0.3) is 0 Å². The van der Waals surface area contributed by atoms with E-state index in [0.29, 0.717) is 12.1 Å². The molecule has 0 aliphatic carbocycles. The third kappa shape index (κ3) is 6.21. The van der Waals surface area contributed by atoms with E-state index >= 15 is 0 Å². The number of nitrogen functional groups attached to an aromatic ring is 1. The molecule has 6 nitrogen and oxygen atoms in total. The molecule has 0 aliphatic heterocycles. The van der Waals surface area contributed by atoms with Crippen LogP contribution in [0.25, 0.3) is 0 Å². The predicted octanol–water partition coefficient (Wildman–Crippen LogP) is 3.67. The van der Waals surface area contributed by atoms with Gasteiger partial charge in [-0.3, -0.25) is 0 Å². The van der Waals surface area contributed by atoms with Gasteiger partial charge in [0, 0.05) is 12.2 Å². The van der Waals surface area contributed by atoms with Crippen LogP contribution in [0.2, 0.25) is 0 Å². The molecule has 0 amide bonds. The molecular weight excluding hydrogens is 440 g/mol. The number of ether oxygens (including phenoxy) is 1. The highest BCUT2D eigenvalue weighted by Crippen LogP contribution is 2.39. The number of halogens is 6. The van der Waals surface area contributed by atoms with E-state index in [2.05, 4.69) is 9.97 Å². The number of hydrogen-bond acceptors (Lipinski definition) is 6. The highest BCUT2D eigenvalue weighted by Gasteiger charge is 2.37. The fourth-order valence-corrected chi connectivity index (χ4v) is 2.90. The Labute approximate surface area is 168 Å². The van der Waals surface area contributed by atoms with Gasteiger partial charge in [-0.15, -0.1) is 0 Å². The average molecular weight is 457 g/mol. The first-order valence-corrected chi connectivity index (χ1v) is 10.4. The van der Waals surface area contributed by atoms with E-state index in [-0.39, 0.29) is 41.4 Å². The van der Waals surface area contributed by atoms with Crippen molar-refractivity contribution in [2.75, 3.05) is 24.3 Å². The van der Waals surface area contributed by atoms with Crippen molar-refractivity contribution in [2.45, 2.75) is 25.2 Å². The minimum atomic E-state index is -5.00. The van der Waals surface area contributed by atoms with Crippen LogP contribution in [-0.2, 0) is 22.2 Å². The molecule has 1 atom stereocenters. The molecule has 1 aromatic heterocycles. The van der Waals surface area contributed by atoms with Crippen molar-refractivity contribution >= 4 is 15.8 Å². The maximum absolute atomic E-state index is 13.1. The third-order valence-corrected chi connectivity index (χ3v) is 4.94. The van der Waals surface area contributed by atoms with Gasteiger partial charge in [-0.2, -0.15) is 26.3 Å². The zero-order valence-corrected chi connectivity index (χ0v) is 16.5. The minimum Gasteiger partial charge on any atom is -0.489 e. The Bertz CT molecular complexity index is 990. The second-order valence-corrected chi connectivity index (χ2v) is 8.78. The summed E-state index contributed by atoms with van der Waals surface area (Å²) in [6.07, 6.45) is -7.96. The first-order chi connectivity index (χ1) is 13.6. The number of alkyl halides is 6. The molecular formula is C17H17F6N3O3S. The lowest BCUT2D eigenvalue weighted by atomic mass is 9.93. The third-order valence-electron chi connectivity index (χ3n) is 4.03. The number of rotatable bonds is 6. The van der Waals surface area contributed by atoms with E-state index in [1.54, 1.807) is 0 Å². The summed E-state index contributed by atoms with van der Waals surface area (Å²) in [5, 5.41) is 0. The van der Waals surface area contributed by atoms with E-state index in [4.69, 9.17) is 10.5 Å². The molecule has 2 aromatic rings. The standard InChI is InChI=1S/C17H17F6N3O3S/c1-9(10-5-11(16(18,19)20)7-12(6-10)17(21,22)23)14-13(8-25-15(24)26-14)29-3-4-30(2,27)28/h5-9H,3-4H2,1-2H3,(H2,24,25,26). The number of anilines is 1. The van der Waals surface area contributed by atoms with Crippen LogP contribution < -0.4 is 10.5 Å². The highest BCUT2D eigenvalue weighted by molar-refractivity contribution is 7.90. The molecule has 2 N–H and O–H groups in total. The van der Waals surface area contributed by atoms with E-state index < -0.39 is 39.2 Å². The van der Waals surface area contributed by atoms with Crippen LogP contribution in [-0.4, -0.2) is 37.0 Å². The second-order valence-electron chi connectivity index (χ2n) is 6.52. The van der Waals surface area contributed by atoms with Crippen molar-refractivity contribution in [1.82, 2.24) is 9.97 Å². The van der Waals surface area contributed by atoms with Crippen LogP contribution in [0.1, 0.15) is 35.2 Å². The Balaban J connectivity index is 2.51. The Morgan fingerprint density at radius 1 is 1.07 bits per heavy atom. The summed E-state index contributed by atoms with van der Waals surface area (Å²) in [5.41, 5.74) is 2.15. The molecule has 0 spiro atoms. The molecule has 1 aromatic carbocycles. The number of nitrogens with zero attached hydrogens (tertiary/aromatic N) is 2. The van der Waals surface area contributed by atoms with Crippen molar-refractivity contribution in [2.24, 2.45) is 0 Å². The van der Waals surface area contributed by atoms with E-state index in [0.717, 1.165) is 12.5 Å². The Morgan fingerprint density at radius 2 is 1.60 bits per heavy atom. The molecule has 0 radical (unpaired) electrons. The number of nitrogens with two attached hydrogens (primary N) is 1. The van der Waals surface area contributed by atoms with Gasteiger partial charge >= 0.3 is 12.4 Å². The zero-order chi connectivity index (χ0) is 22.9. The summed E-state index contributed by atoms with van der Waals surface area (Å²) in [6.45, 7) is 1.00. The Kier molecular flexibility index (Phi) is 6.54. The monoisotopic (exact) mass is 457 g/mol. The van der Waals surface area contributed by atoms with Crippen LogP contribution in [0.3, 0.4) is 0 Å². The minimum absolute atomic E-state index is 0.0219. The molecule has 1 unspecified atom stereocenters. The van der Waals surface area contributed by atoms with Crippen LogP contribution >= 0.6 is 0 Å². The van der Waals surface area contributed by atoms with Gasteiger partial charge < -0.3 is 10.5 Å². The van der Waals surface area contributed by atoms with Gasteiger partial charge in [-0.1, -0.05) is 6.92 Å². The molecule has 2 rings (SSSR count). The van der Waals surface area contributed by atoms with Crippen LogP contribution in [0, 0.1) is 0 Å². The van der Waals surface area contributed by atoms with E-state index in [1.165, 1.54) is 6.92 Å². The molecule has 0 fully saturated rings. The van der Waals surface area contributed by atoms with E-state index in [1.807, 2.05) is 0 Å². The quantitative estimate of drug-likeness (QED) is 0.666. The molecule has 0 aliphatic rings. The molecule has 0 saturated carbocycles. The lowest BCUT2D eigenvalue weighted by molar-refractivity contribution is -0.143. The van der Waals surface area contributed by atoms with Crippen molar-refractivity contribution in [1.29, 1.82) is 0 Å². The van der Waals surface area contributed by atoms with Crippen molar-refractivity contribution in [3.05, 3.63) is 46.8 Å². The first-order valence-electron chi connectivity index (χ1n) is 8.30. The van der Waals surface area contributed by atoms with Gasteiger partial charge in [-0.25, -0.2) is 18.4 Å². The average Bonchev–Trinajstić information content (AvgIpc) is 2.59. The lowest BCUT2D eigenvalue weighted by Gasteiger charge is -2.19. The van der Waals surface area contributed by atoms with Gasteiger partial charge in [-0.05, 0) is 23.8 Å². The topological polar surface area (TPSA) is 95.2 Å². The molecule has 30 heavy (non-hydrogen) atoms. The fraction of sp³-hybridized carbons (Fsp3) is 0.412. The summed E-state index contributed by atoms with van der Waals surface area (Å²) < 4.78 is 107. The summed E-state index contributed by atoms with van der Waals surface area (Å²) in [6, 6.07) is 1.19. The maximum Gasteiger partial charge on any atom is 0.416 e. The summed E-state index contributed by atoms with van der Waals surface area (Å²) in [4.78, 5) is 7.55.